The highest BCUT2D eigenvalue weighted by Crippen LogP contribution is 2.36. The van der Waals surface area contributed by atoms with E-state index in [0.29, 0.717) is 0 Å². The van der Waals surface area contributed by atoms with Crippen molar-refractivity contribution in [3.8, 4) is 11.5 Å². The molecule has 1 saturated carbocycles. The van der Waals surface area contributed by atoms with E-state index in [9.17, 15) is 8.42 Å². The van der Waals surface area contributed by atoms with Gasteiger partial charge in [0.2, 0.25) is 10.0 Å². The lowest BCUT2D eigenvalue weighted by Crippen LogP contribution is -2.25. The minimum absolute atomic E-state index is 0.0483. The van der Waals surface area contributed by atoms with Crippen LogP contribution >= 0.6 is 0 Å². The van der Waals surface area contributed by atoms with Crippen LogP contribution in [0.15, 0.2) is 17.3 Å². The summed E-state index contributed by atoms with van der Waals surface area (Å²) in [5.74, 6) is 0.278. The van der Waals surface area contributed by atoms with Gasteiger partial charge in [-0.3, -0.25) is 4.98 Å². The van der Waals surface area contributed by atoms with Crippen molar-refractivity contribution >= 4 is 10.0 Å². The summed E-state index contributed by atoms with van der Waals surface area (Å²) in [6, 6.07) is 0. The molecule has 0 aromatic carbocycles. The van der Waals surface area contributed by atoms with Gasteiger partial charge in [-0.15, -0.1) is 0 Å². The molecule has 7 heteroatoms. The summed E-state index contributed by atoms with van der Waals surface area (Å²) < 4.78 is 34.6. The number of primary sulfonamides is 1. The predicted molar refractivity (Wildman–Crippen MR) is 69.6 cm³/mol. The SMILES string of the molecule is CC(C)(C)Oc1cncc(OC2CC2)c1S(N)(=O)=O. The van der Waals surface area contributed by atoms with E-state index in [4.69, 9.17) is 14.6 Å². The molecule has 1 fully saturated rings. The van der Waals surface area contributed by atoms with Crippen LogP contribution in [0.2, 0.25) is 0 Å². The highest BCUT2D eigenvalue weighted by molar-refractivity contribution is 7.89. The van der Waals surface area contributed by atoms with Crippen molar-refractivity contribution in [2.45, 2.75) is 50.2 Å². The third-order valence-electron chi connectivity index (χ3n) is 2.35. The van der Waals surface area contributed by atoms with Crippen LogP contribution < -0.4 is 14.6 Å². The van der Waals surface area contributed by atoms with E-state index in [1.54, 1.807) is 0 Å². The van der Waals surface area contributed by atoms with Gasteiger partial charge in [0.15, 0.2) is 16.4 Å². The number of nitrogens with zero attached hydrogens (tertiary/aromatic N) is 1. The third-order valence-corrected chi connectivity index (χ3v) is 3.32. The molecule has 1 aliphatic carbocycles. The lowest BCUT2D eigenvalue weighted by atomic mass is 10.2. The van der Waals surface area contributed by atoms with Crippen LogP contribution in [0.25, 0.3) is 0 Å². The number of hydrogen-bond acceptors (Lipinski definition) is 5. The lowest BCUT2D eigenvalue weighted by molar-refractivity contribution is 0.124. The van der Waals surface area contributed by atoms with Gasteiger partial charge in [-0.1, -0.05) is 0 Å². The molecule has 0 bridgehead atoms. The van der Waals surface area contributed by atoms with Crippen LogP contribution in [0.5, 0.6) is 11.5 Å². The minimum atomic E-state index is -3.94. The van der Waals surface area contributed by atoms with Crippen LogP contribution in [0.4, 0.5) is 0 Å². The van der Waals surface area contributed by atoms with Crippen LogP contribution in [-0.4, -0.2) is 25.1 Å². The van der Waals surface area contributed by atoms with Crippen molar-refractivity contribution in [3.63, 3.8) is 0 Å². The molecule has 1 aliphatic rings. The fraction of sp³-hybridized carbons (Fsp3) is 0.583. The van der Waals surface area contributed by atoms with E-state index in [1.165, 1.54) is 12.4 Å². The maximum absolute atomic E-state index is 11.8. The molecule has 0 radical (unpaired) electrons. The predicted octanol–water partition coefficient (Wildman–Crippen LogP) is 1.45. The molecule has 0 atom stereocenters. The van der Waals surface area contributed by atoms with Crippen LogP contribution in [-0.2, 0) is 10.0 Å². The first-order valence-corrected chi connectivity index (χ1v) is 7.58. The molecule has 0 aliphatic heterocycles. The average molecular weight is 286 g/mol. The molecule has 2 rings (SSSR count). The largest absolute Gasteiger partial charge is 0.487 e. The van der Waals surface area contributed by atoms with Crippen LogP contribution in [0, 0.1) is 0 Å². The molecule has 0 unspecified atom stereocenters. The third kappa shape index (κ3) is 3.81. The number of aromatic nitrogens is 1. The summed E-state index contributed by atoms with van der Waals surface area (Å²) in [7, 11) is -3.94. The molecule has 0 spiro atoms. The first kappa shape index (κ1) is 14.1. The summed E-state index contributed by atoms with van der Waals surface area (Å²) in [6.07, 6.45) is 4.56. The van der Waals surface area contributed by atoms with Gasteiger partial charge in [0, 0.05) is 0 Å². The molecule has 0 amide bonds. The maximum atomic E-state index is 11.8. The zero-order chi connectivity index (χ0) is 14.3. The Labute approximate surface area is 113 Å². The second-order valence-electron chi connectivity index (χ2n) is 5.54. The van der Waals surface area contributed by atoms with Gasteiger partial charge in [-0.2, -0.15) is 0 Å². The Hall–Kier alpha value is -1.34. The number of ether oxygens (including phenoxy) is 2. The van der Waals surface area contributed by atoms with Crippen LogP contribution in [0.1, 0.15) is 33.6 Å². The number of nitrogens with two attached hydrogens (primary N) is 1. The number of pyridine rings is 1. The Kier molecular flexibility index (Phi) is 3.44. The highest BCUT2D eigenvalue weighted by atomic mass is 32.2. The maximum Gasteiger partial charge on any atom is 0.245 e. The molecule has 6 nitrogen and oxygen atoms in total. The van der Waals surface area contributed by atoms with Gasteiger partial charge in [0.25, 0.3) is 0 Å². The first-order valence-electron chi connectivity index (χ1n) is 6.03. The van der Waals surface area contributed by atoms with Gasteiger partial charge >= 0.3 is 0 Å². The average Bonchev–Trinajstić information content (AvgIpc) is 2.97. The van der Waals surface area contributed by atoms with Gasteiger partial charge in [0.05, 0.1) is 18.5 Å². The number of hydrogen-bond donors (Lipinski definition) is 1. The molecular formula is C12H18N2O4S. The zero-order valence-corrected chi connectivity index (χ0v) is 12.0. The highest BCUT2D eigenvalue weighted by Gasteiger charge is 2.30. The van der Waals surface area contributed by atoms with Crippen molar-refractivity contribution in [1.29, 1.82) is 0 Å². The number of rotatable bonds is 4. The van der Waals surface area contributed by atoms with Gasteiger partial charge in [0.1, 0.15) is 5.60 Å². The molecule has 2 N–H and O–H groups in total. The molecule has 1 aromatic rings. The normalized spacial score (nSPS) is 16.2. The summed E-state index contributed by atoms with van der Waals surface area (Å²) >= 11 is 0. The monoisotopic (exact) mass is 286 g/mol. The van der Waals surface area contributed by atoms with Crippen LogP contribution in [0.3, 0.4) is 0 Å². The summed E-state index contributed by atoms with van der Waals surface area (Å²) in [4.78, 5) is 3.82. The molecule has 1 aromatic heterocycles. The summed E-state index contributed by atoms with van der Waals surface area (Å²) in [5.41, 5.74) is -0.556. The van der Waals surface area contributed by atoms with E-state index >= 15 is 0 Å². The number of sulfonamides is 1. The van der Waals surface area contributed by atoms with Crippen molar-refractivity contribution in [2.75, 3.05) is 0 Å². The van der Waals surface area contributed by atoms with Crippen molar-refractivity contribution < 1.29 is 17.9 Å². The van der Waals surface area contributed by atoms with E-state index in [1.807, 2.05) is 20.8 Å². The quantitative estimate of drug-likeness (QED) is 0.904. The van der Waals surface area contributed by atoms with Crippen molar-refractivity contribution in [3.05, 3.63) is 12.4 Å². The molecule has 19 heavy (non-hydrogen) atoms. The Morgan fingerprint density at radius 2 is 1.84 bits per heavy atom. The topological polar surface area (TPSA) is 91.5 Å². The van der Waals surface area contributed by atoms with Gasteiger partial charge in [-0.25, -0.2) is 13.6 Å². The van der Waals surface area contributed by atoms with Crippen molar-refractivity contribution in [1.82, 2.24) is 4.98 Å². The molecule has 0 saturated heterocycles. The Morgan fingerprint density at radius 1 is 1.26 bits per heavy atom. The van der Waals surface area contributed by atoms with Gasteiger partial charge in [-0.05, 0) is 33.6 Å². The fourth-order valence-electron chi connectivity index (χ4n) is 1.54. The van der Waals surface area contributed by atoms with E-state index in [-0.39, 0.29) is 22.5 Å². The second-order valence-corrected chi connectivity index (χ2v) is 7.04. The second kappa shape index (κ2) is 4.64. The molecular weight excluding hydrogens is 268 g/mol. The van der Waals surface area contributed by atoms with Gasteiger partial charge < -0.3 is 9.47 Å². The smallest absolute Gasteiger partial charge is 0.245 e. The summed E-state index contributed by atoms with van der Waals surface area (Å²) in [6.45, 7) is 5.44. The Morgan fingerprint density at radius 3 is 2.32 bits per heavy atom. The minimum Gasteiger partial charge on any atom is -0.487 e. The van der Waals surface area contributed by atoms with E-state index in [2.05, 4.69) is 4.98 Å². The Balaban J connectivity index is 2.46. The lowest BCUT2D eigenvalue weighted by Gasteiger charge is -2.23. The van der Waals surface area contributed by atoms with Crippen molar-refractivity contribution in [2.24, 2.45) is 5.14 Å². The molecule has 106 valence electrons. The summed E-state index contributed by atoms with van der Waals surface area (Å²) in [5, 5.41) is 5.26. The standard InChI is InChI=1S/C12H18N2O4S/c1-12(2,3)18-10-7-14-6-9(17-8-4-5-8)11(10)19(13,15)16/h6-8H,4-5H2,1-3H3,(H2,13,15,16). The fourth-order valence-corrected chi connectivity index (χ4v) is 2.30. The first-order chi connectivity index (χ1) is 8.67. The molecule has 1 heterocycles. The van der Waals surface area contributed by atoms with E-state index in [0.717, 1.165) is 12.8 Å². The zero-order valence-electron chi connectivity index (χ0n) is 11.2. The van der Waals surface area contributed by atoms with E-state index < -0.39 is 15.6 Å². The Bertz CT molecular complexity index is 574.